The molecular formula is C36H29N. The number of benzene rings is 3. The lowest BCUT2D eigenvalue weighted by molar-refractivity contribution is 0.695. The summed E-state index contributed by atoms with van der Waals surface area (Å²) in [5.74, 6) is 0.465. The van der Waals surface area contributed by atoms with Gasteiger partial charge in [-0.25, -0.2) is 0 Å². The minimum absolute atomic E-state index is 0.413. The summed E-state index contributed by atoms with van der Waals surface area (Å²) >= 11 is 0. The molecule has 178 valence electrons. The average molecular weight is 476 g/mol. The lowest BCUT2D eigenvalue weighted by Gasteiger charge is -2.26. The molecule has 37 heavy (non-hydrogen) atoms. The van der Waals surface area contributed by atoms with Crippen LogP contribution >= 0.6 is 0 Å². The van der Waals surface area contributed by atoms with E-state index in [0.29, 0.717) is 12.0 Å². The van der Waals surface area contributed by atoms with Gasteiger partial charge in [0.2, 0.25) is 0 Å². The Balaban J connectivity index is 1.41. The minimum Gasteiger partial charge on any atom is -0.378 e. The molecule has 0 fully saturated rings. The van der Waals surface area contributed by atoms with Crippen molar-refractivity contribution in [2.24, 2.45) is 5.92 Å². The molecule has 0 saturated heterocycles. The summed E-state index contributed by atoms with van der Waals surface area (Å²) < 4.78 is 0. The van der Waals surface area contributed by atoms with Crippen molar-refractivity contribution in [3.63, 3.8) is 0 Å². The summed E-state index contributed by atoms with van der Waals surface area (Å²) in [7, 11) is 0. The van der Waals surface area contributed by atoms with Gasteiger partial charge in [-0.3, -0.25) is 0 Å². The molecule has 4 aliphatic carbocycles. The highest BCUT2D eigenvalue weighted by molar-refractivity contribution is 6.18. The van der Waals surface area contributed by atoms with Gasteiger partial charge in [-0.15, -0.1) is 0 Å². The Morgan fingerprint density at radius 2 is 1.49 bits per heavy atom. The number of allylic oxidation sites excluding steroid dienone is 12. The molecule has 1 nitrogen and oxygen atoms in total. The van der Waals surface area contributed by atoms with Gasteiger partial charge in [0.15, 0.2) is 0 Å². The third kappa shape index (κ3) is 3.17. The molecule has 1 heteroatoms. The molecule has 2 atom stereocenters. The van der Waals surface area contributed by atoms with Gasteiger partial charge in [0.05, 0.1) is 6.04 Å². The SMILES string of the molecule is C1=CC2=C(c3c4ccccc4c(C4=CCC5NC6=C(CCC=C6)C5=C4)c4ccccc34)C=CCC2C=C1. The second kappa shape index (κ2) is 8.21. The van der Waals surface area contributed by atoms with Crippen molar-refractivity contribution in [3.05, 3.63) is 143 Å². The fourth-order valence-corrected chi connectivity index (χ4v) is 7.06. The maximum absolute atomic E-state index is 3.77. The van der Waals surface area contributed by atoms with Crippen LogP contribution in [0.5, 0.6) is 0 Å². The van der Waals surface area contributed by atoms with E-state index in [1.54, 1.807) is 0 Å². The predicted molar refractivity (Wildman–Crippen MR) is 157 cm³/mol. The maximum Gasteiger partial charge on any atom is 0.0552 e. The van der Waals surface area contributed by atoms with Gasteiger partial charge in [0.1, 0.15) is 0 Å². The van der Waals surface area contributed by atoms with E-state index in [-0.39, 0.29) is 0 Å². The summed E-state index contributed by atoms with van der Waals surface area (Å²) in [6.07, 6.45) is 27.7. The fourth-order valence-electron chi connectivity index (χ4n) is 7.06. The first-order chi connectivity index (χ1) is 18.4. The van der Waals surface area contributed by atoms with Gasteiger partial charge in [-0.1, -0.05) is 97.1 Å². The van der Waals surface area contributed by atoms with E-state index >= 15 is 0 Å². The first-order valence-electron chi connectivity index (χ1n) is 13.6. The van der Waals surface area contributed by atoms with Crippen LogP contribution in [0.4, 0.5) is 0 Å². The molecule has 0 radical (unpaired) electrons. The van der Waals surface area contributed by atoms with Gasteiger partial charge < -0.3 is 5.32 Å². The molecular weight excluding hydrogens is 446 g/mol. The van der Waals surface area contributed by atoms with Crippen molar-refractivity contribution in [3.8, 4) is 0 Å². The standard InChI is InChI=1S/C36H29N/c1-2-12-25-23(10-1)11-9-18-27(25)36-30-16-5-3-14-28(30)35(29-15-4-6-17-31(29)36)24-20-21-34-32(22-24)26-13-7-8-19-33(26)37-34/h1-6,8-10,12,14-20,22-23,34,37H,7,11,13,21H2. The molecule has 8 rings (SSSR count). The number of nitrogens with one attached hydrogen (secondary N) is 1. The molecule has 0 saturated carbocycles. The van der Waals surface area contributed by atoms with Gasteiger partial charge in [-0.2, -0.15) is 0 Å². The predicted octanol–water partition coefficient (Wildman–Crippen LogP) is 8.74. The molecule has 5 aliphatic rings. The zero-order valence-corrected chi connectivity index (χ0v) is 20.9. The van der Waals surface area contributed by atoms with Crippen LogP contribution in [-0.4, -0.2) is 6.04 Å². The molecule has 3 aromatic carbocycles. The molecule has 0 aromatic heterocycles. The zero-order chi connectivity index (χ0) is 24.3. The number of fused-ring (bicyclic) bond motifs is 5. The third-order valence-corrected chi connectivity index (χ3v) is 8.71. The van der Waals surface area contributed by atoms with Gasteiger partial charge in [0.25, 0.3) is 0 Å². The number of hydrogen-bond acceptors (Lipinski definition) is 1. The van der Waals surface area contributed by atoms with Crippen LogP contribution in [0.3, 0.4) is 0 Å². The van der Waals surface area contributed by atoms with E-state index in [1.807, 2.05) is 0 Å². The van der Waals surface area contributed by atoms with E-state index in [9.17, 15) is 0 Å². The Bertz CT molecular complexity index is 1690. The van der Waals surface area contributed by atoms with Crippen LogP contribution in [0.2, 0.25) is 0 Å². The molecule has 1 N–H and O–H groups in total. The van der Waals surface area contributed by atoms with Crippen molar-refractivity contribution in [2.75, 3.05) is 0 Å². The topological polar surface area (TPSA) is 12.0 Å². The van der Waals surface area contributed by atoms with Crippen LogP contribution in [0, 0.1) is 5.92 Å². The highest BCUT2D eigenvalue weighted by Gasteiger charge is 2.31. The van der Waals surface area contributed by atoms with Crippen molar-refractivity contribution < 1.29 is 0 Å². The first-order valence-corrected chi connectivity index (χ1v) is 13.6. The van der Waals surface area contributed by atoms with E-state index in [4.69, 9.17) is 0 Å². The second-order valence-corrected chi connectivity index (χ2v) is 10.7. The van der Waals surface area contributed by atoms with Crippen molar-refractivity contribution >= 4 is 32.7 Å². The molecule has 1 heterocycles. The lowest BCUT2D eigenvalue weighted by Crippen LogP contribution is -2.24. The van der Waals surface area contributed by atoms with Crippen molar-refractivity contribution in [2.45, 2.75) is 31.7 Å². The van der Waals surface area contributed by atoms with E-state index in [0.717, 1.165) is 25.7 Å². The quantitative estimate of drug-likeness (QED) is 0.365. The maximum atomic E-state index is 3.77. The molecule has 3 aromatic rings. The van der Waals surface area contributed by atoms with Crippen LogP contribution in [0.15, 0.2) is 132 Å². The van der Waals surface area contributed by atoms with Crippen molar-refractivity contribution in [1.29, 1.82) is 0 Å². The molecule has 0 bridgehead atoms. The monoisotopic (exact) mass is 475 g/mol. The fraction of sp³-hybridized carbons (Fsp3) is 0.167. The van der Waals surface area contributed by atoms with Crippen LogP contribution < -0.4 is 5.32 Å². The van der Waals surface area contributed by atoms with Gasteiger partial charge >= 0.3 is 0 Å². The van der Waals surface area contributed by atoms with E-state index < -0.39 is 0 Å². The summed E-state index contributed by atoms with van der Waals surface area (Å²) in [6, 6.07) is 18.5. The molecule has 0 spiro atoms. The zero-order valence-electron chi connectivity index (χ0n) is 20.9. The van der Waals surface area contributed by atoms with Crippen LogP contribution in [-0.2, 0) is 0 Å². The smallest absolute Gasteiger partial charge is 0.0552 e. The first kappa shape index (κ1) is 21.0. The van der Waals surface area contributed by atoms with Crippen LogP contribution in [0.1, 0.15) is 36.8 Å². The van der Waals surface area contributed by atoms with Crippen LogP contribution in [0.25, 0.3) is 32.7 Å². The Labute approximate surface area is 218 Å². The minimum atomic E-state index is 0.413. The van der Waals surface area contributed by atoms with E-state index in [1.165, 1.54) is 66.2 Å². The van der Waals surface area contributed by atoms with Gasteiger partial charge in [-0.05, 0) is 98.4 Å². The Hall–Kier alpha value is -4.10. The van der Waals surface area contributed by atoms with Crippen molar-refractivity contribution in [1.82, 2.24) is 5.32 Å². The molecule has 2 unspecified atom stereocenters. The second-order valence-electron chi connectivity index (χ2n) is 10.7. The summed E-state index contributed by atoms with van der Waals surface area (Å²) in [6.45, 7) is 0. The molecule has 1 aliphatic heterocycles. The highest BCUT2D eigenvalue weighted by atomic mass is 15.0. The third-order valence-electron chi connectivity index (χ3n) is 8.71. The summed E-state index contributed by atoms with van der Waals surface area (Å²) in [5.41, 5.74) is 11.3. The normalized spacial score (nSPS) is 23.7. The molecule has 0 amide bonds. The highest BCUT2D eigenvalue weighted by Crippen LogP contribution is 2.46. The lowest BCUT2D eigenvalue weighted by atomic mass is 9.77. The summed E-state index contributed by atoms with van der Waals surface area (Å²) in [5, 5.41) is 9.16. The Kier molecular flexibility index (Phi) is 4.67. The largest absolute Gasteiger partial charge is 0.378 e. The average Bonchev–Trinajstić information content (AvgIpc) is 3.33. The number of rotatable bonds is 2. The van der Waals surface area contributed by atoms with E-state index in [2.05, 4.69) is 115 Å². The number of hydrogen-bond donors (Lipinski definition) is 1. The Morgan fingerprint density at radius 3 is 2.27 bits per heavy atom. The Morgan fingerprint density at radius 1 is 0.730 bits per heavy atom. The summed E-state index contributed by atoms with van der Waals surface area (Å²) in [4.78, 5) is 0. The van der Waals surface area contributed by atoms with Gasteiger partial charge in [0, 0.05) is 11.6 Å².